The molecule has 1 fully saturated rings. The number of nitrogens with one attached hydrogen (secondary N) is 1. The van der Waals surface area contributed by atoms with Crippen LogP contribution in [0.1, 0.15) is 28.9 Å². The Labute approximate surface area is 156 Å². The van der Waals surface area contributed by atoms with E-state index in [0.717, 1.165) is 24.2 Å². The number of benzene rings is 1. The molecule has 0 saturated carbocycles. The van der Waals surface area contributed by atoms with Gasteiger partial charge in [0.1, 0.15) is 5.69 Å². The van der Waals surface area contributed by atoms with Crippen molar-refractivity contribution in [2.24, 2.45) is 5.92 Å². The van der Waals surface area contributed by atoms with Gasteiger partial charge in [-0.1, -0.05) is 6.07 Å². The van der Waals surface area contributed by atoms with Gasteiger partial charge in [0, 0.05) is 32.0 Å². The molecular formula is C19H20N4O4. The summed E-state index contributed by atoms with van der Waals surface area (Å²) in [5.41, 5.74) is 1.25. The largest absolute Gasteiger partial charge is 0.454 e. The number of rotatable bonds is 4. The van der Waals surface area contributed by atoms with E-state index in [4.69, 9.17) is 9.47 Å². The first-order chi connectivity index (χ1) is 13.2. The maximum Gasteiger partial charge on any atom is 0.274 e. The van der Waals surface area contributed by atoms with E-state index < -0.39 is 0 Å². The van der Waals surface area contributed by atoms with Crippen molar-refractivity contribution in [1.29, 1.82) is 0 Å². The molecule has 27 heavy (non-hydrogen) atoms. The van der Waals surface area contributed by atoms with Crippen LogP contribution in [0.2, 0.25) is 0 Å². The van der Waals surface area contributed by atoms with Crippen LogP contribution in [-0.4, -0.2) is 46.6 Å². The summed E-state index contributed by atoms with van der Waals surface area (Å²) in [5.74, 6) is 0.949. The lowest BCUT2D eigenvalue weighted by atomic mass is 9.96. The van der Waals surface area contributed by atoms with Gasteiger partial charge in [-0.2, -0.15) is 0 Å². The normalized spacial score (nSPS) is 18.2. The molecule has 140 valence electrons. The smallest absolute Gasteiger partial charge is 0.274 e. The Morgan fingerprint density at radius 1 is 1.22 bits per heavy atom. The fraction of sp³-hybridized carbons (Fsp3) is 0.368. The van der Waals surface area contributed by atoms with Crippen LogP contribution in [0.25, 0.3) is 0 Å². The quantitative estimate of drug-likeness (QED) is 0.876. The van der Waals surface area contributed by atoms with Crippen LogP contribution in [0.4, 0.5) is 0 Å². The van der Waals surface area contributed by atoms with Crippen LogP contribution in [0, 0.1) is 5.92 Å². The van der Waals surface area contributed by atoms with Gasteiger partial charge >= 0.3 is 0 Å². The summed E-state index contributed by atoms with van der Waals surface area (Å²) in [6.07, 6.45) is 6.02. The van der Waals surface area contributed by atoms with Crippen molar-refractivity contribution in [2.75, 3.05) is 19.9 Å². The van der Waals surface area contributed by atoms with Crippen molar-refractivity contribution < 1.29 is 19.1 Å². The standard InChI is InChI=1S/C19H20N4O4/c24-18(22-9-13-3-4-16-17(8-13)27-12-26-16)14-2-1-7-23(11-14)19(25)15-10-20-5-6-21-15/h3-6,8,10,14H,1-2,7,9,11-12H2,(H,22,24). The zero-order valence-corrected chi connectivity index (χ0v) is 14.8. The summed E-state index contributed by atoms with van der Waals surface area (Å²) in [5, 5.41) is 2.96. The van der Waals surface area contributed by atoms with Crippen molar-refractivity contribution in [2.45, 2.75) is 19.4 Å². The number of hydrogen-bond donors (Lipinski definition) is 1. The van der Waals surface area contributed by atoms with E-state index in [0.29, 0.717) is 31.1 Å². The van der Waals surface area contributed by atoms with Gasteiger partial charge in [-0.05, 0) is 30.5 Å². The minimum absolute atomic E-state index is 0.0516. The summed E-state index contributed by atoms with van der Waals surface area (Å²) in [7, 11) is 0. The highest BCUT2D eigenvalue weighted by molar-refractivity contribution is 5.92. The van der Waals surface area contributed by atoms with Gasteiger partial charge in [0.15, 0.2) is 11.5 Å². The first-order valence-corrected chi connectivity index (χ1v) is 8.92. The van der Waals surface area contributed by atoms with E-state index in [1.807, 2.05) is 18.2 Å². The highest BCUT2D eigenvalue weighted by atomic mass is 16.7. The van der Waals surface area contributed by atoms with Crippen molar-refractivity contribution in [3.8, 4) is 11.5 Å². The number of piperidine rings is 1. The lowest BCUT2D eigenvalue weighted by Gasteiger charge is -2.31. The lowest BCUT2D eigenvalue weighted by molar-refractivity contribution is -0.126. The minimum atomic E-state index is -0.228. The molecule has 2 aromatic rings. The second-order valence-corrected chi connectivity index (χ2v) is 6.59. The number of aromatic nitrogens is 2. The zero-order chi connectivity index (χ0) is 18.6. The molecule has 1 aromatic heterocycles. The number of carbonyl (C=O) groups is 2. The molecule has 1 atom stereocenters. The SMILES string of the molecule is O=C(NCc1ccc2c(c1)OCO2)C1CCCN(C(=O)c2cnccn2)C1. The predicted molar refractivity (Wildman–Crippen MR) is 95.1 cm³/mol. The molecule has 1 saturated heterocycles. The molecule has 4 rings (SSSR count). The lowest BCUT2D eigenvalue weighted by Crippen LogP contribution is -2.45. The molecule has 0 bridgehead atoms. The predicted octanol–water partition coefficient (Wildman–Crippen LogP) is 1.37. The van der Waals surface area contributed by atoms with Gasteiger partial charge in [-0.15, -0.1) is 0 Å². The monoisotopic (exact) mass is 368 g/mol. The molecule has 2 aliphatic rings. The Balaban J connectivity index is 1.34. The number of nitrogens with zero attached hydrogens (tertiary/aromatic N) is 3. The summed E-state index contributed by atoms with van der Waals surface area (Å²) in [4.78, 5) is 34.8. The molecular weight excluding hydrogens is 348 g/mol. The van der Waals surface area contributed by atoms with Crippen molar-refractivity contribution >= 4 is 11.8 Å². The maximum atomic E-state index is 12.6. The number of likely N-dealkylation sites (tertiary alicyclic amines) is 1. The minimum Gasteiger partial charge on any atom is -0.454 e. The van der Waals surface area contributed by atoms with Crippen LogP contribution in [0.5, 0.6) is 11.5 Å². The number of carbonyl (C=O) groups excluding carboxylic acids is 2. The van der Waals surface area contributed by atoms with Crippen LogP contribution in [-0.2, 0) is 11.3 Å². The third kappa shape index (κ3) is 3.84. The maximum absolute atomic E-state index is 12.6. The van der Waals surface area contributed by atoms with E-state index in [2.05, 4.69) is 15.3 Å². The topological polar surface area (TPSA) is 93.7 Å². The third-order valence-electron chi connectivity index (χ3n) is 4.77. The molecule has 2 amide bonds. The summed E-state index contributed by atoms with van der Waals surface area (Å²) >= 11 is 0. The number of ether oxygens (including phenoxy) is 2. The van der Waals surface area contributed by atoms with Gasteiger partial charge in [-0.3, -0.25) is 14.6 Å². The molecule has 1 aromatic carbocycles. The molecule has 8 heteroatoms. The third-order valence-corrected chi connectivity index (χ3v) is 4.77. The first kappa shape index (κ1) is 17.3. The number of hydrogen-bond acceptors (Lipinski definition) is 6. The van der Waals surface area contributed by atoms with Gasteiger partial charge in [0.25, 0.3) is 5.91 Å². The highest BCUT2D eigenvalue weighted by Crippen LogP contribution is 2.32. The van der Waals surface area contributed by atoms with Crippen LogP contribution < -0.4 is 14.8 Å². The van der Waals surface area contributed by atoms with E-state index in [9.17, 15) is 9.59 Å². The Kier molecular flexibility index (Phi) is 4.86. The molecule has 1 unspecified atom stereocenters. The summed E-state index contributed by atoms with van der Waals surface area (Å²) in [6, 6.07) is 5.61. The molecule has 1 N–H and O–H groups in total. The van der Waals surface area contributed by atoms with Gasteiger partial charge in [0.2, 0.25) is 12.7 Å². The van der Waals surface area contributed by atoms with Crippen molar-refractivity contribution in [3.05, 3.63) is 48.0 Å². The van der Waals surface area contributed by atoms with Gasteiger partial charge in [0.05, 0.1) is 12.1 Å². The zero-order valence-electron chi connectivity index (χ0n) is 14.8. The van der Waals surface area contributed by atoms with Crippen molar-refractivity contribution in [1.82, 2.24) is 20.2 Å². The molecule has 0 aliphatic carbocycles. The Morgan fingerprint density at radius 3 is 2.96 bits per heavy atom. The molecule has 2 aliphatic heterocycles. The Morgan fingerprint density at radius 2 is 2.11 bits per heavy atom. The van der Waals surface area contributed by atoms with Gasteiger partial charge in [-0.25, -0.2) is 4.98 Å². The van der Waals surface area contributed by atoms with Crippen LogP contribution in [0.3, 0.4) is 0 Å². The Bertz CT molecular complexity index is 843. The van der Waals surface area contributed by atoms with E-state index in [-0.39, 0.29) is 24.5 Å². The average molecular weight is 368 g/mol. The summed E-state index contributed by atoms with van der Waals surface area (Å²) < 4.78 is 10.6. The second kappa shape index (κ2) is 7.61. The van der Waals surface area contributed by atoms with E-state index in [1.165, 1.54) is 18.6 Å². The first-order valence-electron chi connectivity index (χ1n) is 8.92. The van der Waals surface area contributed by atoms with E-state index >= 15 is 0 Å². The summed E-state index contributed by atoms with van der Waals surface area (Å²) in [6.45, 7) is 1.65. The average Bonchev–Trinajstić information content (AvgIpc) is 3.20. The number of amides is 2. The molecule has 3 heterocycles. The number of fused-ring (bicyclic) bond motifs is 1. The van der Waals surface area contributed by atoms with Gasteiger partial charge < -0.3 is 19.7 Å². The van der Waals surface area contributed by atoms with E-state index in [1.54, 1.807) is 4.90 Å². The van der Waals surface area contributed by atoms with Crippen LogP contribution >= 0.6 is 0 Å². The molecule has 0 radical (unpaired) electrons. The Hall–Kier alpha value is -3.16. The fourth-order valence-electron chi connectivity index (χ4n) is 3.33. The fourth-order valence-corrected chi connectivity index (χ4v) is 3.33. The molecule has 0 spiro atoms. The molecule has 8 nitrogen and oxygen atoms in total. The van der Waals surface area contributed by atoms with Crippen LogP contribution in [0.15, 0.2) is 36.8 Å². The highest BCUT2D eigenvalue weighted by Gasteiger charge is 2.29. The van der Waals surface area contributed by atoms with Crippen molar-refractivity contribution in [3.63, 3.8) is 0 Å². The second-order valence-electron chi connectivity index (χ2n) is 6.59.